The number of hydrogen-bond donors (Lipinski definition) is 1. The molecule has 1 aromatic carbocycles. The molecule has 2 aromatic rings. The summed E-state index contributed by atoms with van der Waals surface area (Å²) in [5.41, 5.74) is 0. The second-order valence-corrected chi connectivity index (χ2v) is 4.49. The minimum atomic E-state index is -0.886. The molecule has 1 heterocycles. The van der Waals surface area contributed by atoms with Gasteiger partial charge < -0.3 is 9.84 Å². The first-order valence-corrected chi connectivity index (χ1v) is 5.92. The predicted octanol–water partition coefficient (Wildman–Crippen LogP) is 3.39. The highest BCUT2D eigenvalue weighted by Gasteiger charge is 2.11. The fraction of sp³-hybridized carbons (Fsp3) is 0.250. The van der Waals surface area contributed by atoms with Crippen LogP contribution in [0.15, 0.2) is 24.3 Å². The van der Waals surface area contributed by atoms with Gasteiger partial charge in [0.2, 0.25) is 0 Å². The molecule has 1 N–H and O–H groups in total. The molecule has 0 aliphatic heterocycles. The number of thiophene rings is 1. The van der Waals surface area contributed by atoms with Gasteiger partial charge in [-0.05, 0) is 23.9 Å². The average Bonchev–Trinajstić information content (AvgIpc) is 2.70. The van der Waals surface area contributed by atoms with Crippen molar-refractivity contribution in [3.63, 3.8) is 0 Å². The van der Waals surface area contributed by atoms with Crippen LogP contribution in [-0.4, -0.2) is 17.7 Å². The molecule has 3 nitrogen and oxygen atoms in total. The van der Waals surface area contributed by atoms with Gasteiger partial charge in [0, 0.05) is 0 Å². The molecule has 0 radical (unpaired) electrons. The van der Waals surface area contributed by atoms with Crippen LogP contribution in [0.2, 0.25) is 0 Å². The van der Waals surface area contributed by atoms with Crippen molar-refractivity contribution in [3.8, 4) is 5.75 Å². The lowest BCUT2D eigenvalue weighted by Crippen LogP contribution is -1.94. The van der Waals surface area contributed by atoms with E-state index in [2.05, 4.69) is 0 Å². The van der Waals surface area contributed by atoms with E-state index in [0.29, 0.717) is 11.5 Å². The van der Waals surface area contributed by atoms with Crippen molar-refractivity contribution < 1.29 is 14.6 Å². The van der Waals surface area contributed by atoms with Gasteiger partial charge in [0.25, 0.3) is 0 Å². The molecule has 0 atom stereocenters. The highest BCUT2D eigenvalue weighted by Crippen LogP contribution is 2.33. The molecular weight excluding hydrogens is 224 g/mol. The number of carboxylic acids is 1. The summed E-state index contributed by atoms with van der Waals surface area (Å²) in [7, 11) is 0. The van der Waals surface area contributed by atoms with Gasteiger partial charge in [-0.2, -0.15) is 0 Å². The Hall–Kier alpha value is -1.55. The number of fused-ring (bicyclic) bond motifs is 1. The van der Waals surface area contributed by atoms with Crippen molar-refractivity contribution in [2.75, 3.05) is 6.61 Å². The fourth-order valence-corrected chi connectivity index (χ4v) is 2.43. The van der Waals surface area contributed by atoms with Crippen LogP contribution in [-0.2, 0) is 0 Å². The van der Waals surface area contributed by atoms with Gasteiger partial charge in [-0.3, -0.25) is 0 Å². The monoisotopic (exact) mass is 236 g/mol. The summed E-state index contributed by atoms with van der Waals surface area (Å²) in [6.07, 6.45) is 0.938. The molecule has 1 aromatic heterocycles. The number of carboxylic acid groups (broad SMARTS) is 1. The van der Waals surface area contributed by atoms with E-state index >= 15 is 0 Å². The van der Waals surface area contributed by atoms with Crippen LogP contribution in [0, 0.1) is 0 Å². The van der Waals surface area contributed by atoms with Crippen molar-refractivity contribution in [1.82, 2.24) is 0 Å². The lowest BCUT2D eigenvalue weighted by Gasteiger charge is -2.04. The van der Waals surface area contributed by atoms with Gasteiger partial charge in [0.1, 0.15) is 10.6 Å². The summed E-state index contributed by atoms with van der Waals surface area (Å²) in [4.78, 5) is 11.2. The van der Waals surface area contributed by atoms with Gasteiger partial charge in [-0.15, -0.1) is 11.3 Å². The van der Waals surface area contributed by atoms with Crippen LogP contribution in [0.3, 0.4) is 0 Å². The van der Waals surface area contributed by atoms with Crippen molar-refractivity contribution in [2.24, 2.45) is 0 Å². The SMILES string of the molecule is CCCOc1cccc2cc(C(=O)O)sc12. The predicted molar refractivity (Wildman–Crippen MR) is 64.6 cm³/mol. The van der Waals surface area contributed by atoms with Crippen LogP contribution in [0.25, 0.3) is 10.1 Å². The maximum atomic E-state index is 10.9. The van der Waals surface area contributed by atoms with Gasteiger partial charge in [0.15, 0.2) is 0 Å². The fourth-order valence-electron chi connectivity index (χ4n) is 1.47. The Kier molecular flexibility index (Phi) is 3.10. The third-order valence-corrected chi connectivity index (χ3v) is 3.33. The van der Waals surface area contributed by atoms with Crippen LogP contribution < -0.4 is 4.74 Å². The standard InChI is InChI=1S/C12H12O3S/c1-2-6-15-9-5-3-4-8-7-10(12(13)14)16-11(8)9/h3-5,7H,2,6H2,1H3,(H,13,14). The Morgan fingerprint density at radius 2 is 2.31 bits per heavy atom. The van der Waals surface area contributed by atoms with Crippen LogP contribution in [0.1, 0.15) is 23.0 Å². The molecule has 84 valence electrons. The van der Waals surface area contributed by atoms with Crippen LogP contribution in [0.4, 0.5) is 0 Å². The molecule has 0 saturated carbocycles. The maximum Gasteiger partial charge on any atom is 0.345 e. The number of carbonyl (C=O) groups is 1. The molecule has 0 amide bonds. The first-order valence-electron chi connectivity index (χ1n) is 5.11. The summed E-state index contributed by atoms with van der Waals surface area (Å²) >= 11 is 1.26. The third kappa shape index (κ3) is 2.02. The van der Waals surface area contributed by atoms with Crippen molar-refractivity contribution >= 4 is 27.4 Å². The van der Waals surface area contributed by atoms with Crippen molar-refractivity contribution in [3.05, 3.63) is 29.1 Å². The zero-order valence-corrected chi connectivity index (χ0v) is 9.71. The summed E-state index contributed by atoms with van der Waals surface area (Å²) < 4.78 is 6.49. The smallest absolute Gasteiger partial charge is 0.345 e. The normalized spacial score (nSPS) is 10.6. The molecule has 16 heavy (non-hydrogen) atoms. The van der Waals surface area contributed by atoms with Crippen LogP contribution in [0.5, 0.6) is 5.75 Å². The average molecular weight is 236 g/mol. The zero-order chi connectivity index (χ0) is 11.5. The number of rotatable bonds is 4. The number of ether oxygens (including phenoxy) is 1. The minimum absolute atomic E-state index is 0.350. The number of aromatic carboxylic acids is 1. The van der Waals surface area contributed by atoms with E-state index in [-0.39, 0.29) is 0 Å². The summed E-state index contributed by atoms with van der Waals surface area (Å²) in [5, 5.41) is 9.85. The summed E-state index contributed by atoms with van der Waals surface area (Å²) in [5.74, 6) is -0.112. The topological polar surface area (TPSA) is 46.5 Å². The van der Waals surface area contributed by atoms with Gasteiger partial charge in [-0.25, -0.2) is 4.79 Å². The summed E-state index contributed by atoms with van der Waals surface area (Å²) in [6.45, 7) is 2.69. The lowest BCUT2D eigenvalue weighted by atomic mass is 10.2. The molecule has 0 unspecified atom stereocenters. The van der Waals surface area contributed by atoms with E-state index < -0.39 is 5.97 Å². The quantitative estimate of drug-likeness (QED) is 0.885. The lowest BCUT2D eigenvalue weighted by molar-refractivity contribution is 0.0702. The van der Waals surface area contributed by atoms with E-state index in [4.69, 9.17) is 9.84 Å². The summed E-state index contributed by atoms with van der Waals surface area (Å²) in [6, 6.07) is 7.34. The minimum Gasteiger partial charge on any atom is -0.492 e. The Morgan fingerprint density at radius 3 is 3.00 bits per heavy atom. The van der Waals surface area contributed by atoms with Gasteiger partial charge in [-0.1, -0.05) is 19.1 Å². The molecule has 2 rings (SSSR count). The molecule has 0 fully saturated rings. The molecule has 0 bridgehead atoms. The number of benzene rings is 1. The first kappa shape index (κ1) is 11.0. The molecule has 0 saturated heterocycles. The zero-order valence-electron chi connectivity index (χ0n) is 8.90. The van der Waals surface area contributed by atoms with Crippen LogP contribution >= 0.6 is 11.3 Å². The van der Waals surface area contributed by atoms with E-state index in [1.165, 1.54) is 11.3 Å². The Bertz CT molecular complexity index is 516. The van der Waals surface area contributed by atoms with E-state index in [1.54, 1.807) is 6.07 Å². The largest absolute Gasteiger partial charge is 0.492 e. The Morgan fingerprint density at radius 1 is 1.50 bits per heavy atom. The highest BCUT2D eigenvalue weighted by atomic mass is 32.1. The van der Waals surface area contributed by atoms with Crippen molar-refractivity contribution in [1.29, 1.82) is 0 Å². The molecule has 0 spiro atoms. The third-order valence-electron chi connectivity index (χ3n) is 2.18. The second kappa shape index (κ2) is 4.53. The molecular formula is C12H12O3S. The maximum absolute atomic E-state index is 10.9. The van der Waals surface area contributed by atoms with Gasteiger partial charge >= 0.3 is 5.97 Å². The molecule has 0 aliphatic rings. The number of hydrogen-bond acceptors (Lipinski definition) is 3. The molecule has 0 aliphatic carbocycles. The Labute approximate surface area is 97.3 Å². The van der Waals surface area contributed by atoms with E-state index in [1.807, 2.05) is 25.1 Å². The van der Waals surface area contributed by atoms with Gasteiger partial charge in [0.05, 0.1) is 11.3 Å². The van der Waals surface area contributed by atoms with E-state index in [9.17, 15) is 4.79 Å². The molecule has 4 heteroatoms. The highest BCUT2D eigenvalue weighted by molar-refractivity contribution is 7.21. The Balaban J connectivity index is 2.45. The first-order chi connectivity index (χ1) is 7.72. The second-order valence-electron chi connectivity index (χ2n) is 3.44. The van der Waals surface area contributed by atoms with Crippen molar-refractivity contribution in [2.45, 2.75) is 13.3 Å². The van der Waals surface area contributed by atoms with E-state index in [0.717, 1.165) is 22.3 Å².